The quantitative estimate of drug-likeness (QED) is 0.292. The molecular formula is C25H24BrClN2O2. The van der Waals surface area contributed by atoms with E-state index >= 15 is 0 Å². The number of benzene rings is 2. The second-order valence-corrected chi connectivity index (χ2v) is 8.21. The number of hydrogen-bond donors (Lipinski definition) is 2. The minimum absolute atomic E-state index is 0.0541. The van der Waals surface area contributed by atoms with Gasteiger partial charge in [0.05, 0.1) is 15.7 Å². The Morgan fingerprint density at radius 2 is 1.97 bits per heavy atom. The van der Waals surface area contributed by atoms with Crippen molar-refractivity contribution < 1.29 is 9.84 Å². The van der Waals surface area contributed by atoms with Crippen LogP contribution in [0, 0.1) is 0 Å². The number of rotatable bonds is 8. The van der Waals surface area contributed by atoms with E-state index in [-0.39, 0.29) is 5.76 Å². The van der Waals surface area contributed by atoms with E-state index in [9.17, 15) is 5.11 Å². The number of allylic oxidation sites excluding steroid dienone is 7. The van der Waals surface area contributed by atoms with Gasteiger partial charge in [0.25, 0.3) is 0 Å². The van der Waals surface area contributed by atoms with Crippen LogP contribution in [-0.2, 0) is 6.42 Å². The van der Waals surface area contributed by atoms with Crippen LogP contribution in [0.3, 0.4) is 0 Å². The molecule has 0 fully saturated rings. The second-order valence-electron chi connectivity index (χ2n) is 6.90. The number of hydrogen-bond acceptors (Lipinski definition) is 4. The van der Waals surface area contributed by atoms with Gasteiger partial charge in [0, 0.05) is 18.5 Å². The zero-order chi connectivity index (χ0) is 22.1. The smallest absolute Gasteiger partial charge is 0.144 e. The fourth-order valence-corrected chi connectivity index (χ4v) is 3.75. The van der Waals surface area contributed by atoms with Crippen molar-refractivity contribution >= 4 is 33.7 Å². The summed E-state index contributed by atoms with van der Waals surface area (Å²) in [6, 6.07) is 17.8. The lowest BCUT2D eigenvalue weighted by Gasteiger charge is -2.10. The molecule has 160 valence electrons. The molecule has 0 aliphatic heterocycles. The molecule has 1 aliphatic carbocycles. The maximum absolute atomic E-state index is 9.93. The van der Waals surface area contributed by atoms with Crippen LogP contribution < -0.4 is 10.2 Å². The predicted molar refractivity (Wildman–Crippen MR) is 132 cm³/mol. The molecule has 3 rings (SSSR count). The second kappa shape index (κ2) is 11.6. The third-order valence-electron chi connectivity index (χ3n) is 4.44. The number of para-hydroxylation sites is 1. The fourth-order valence-electron chi connectivity index (χ4n) is 2.95. The molecule has 31 heavy (non-hydrogen) atoms. The maximum Gasteiger partial charge on any atom is 0.144 e. The Morgan fingerprint density at radius 3 is 2.74 bits per heavy atom. The Balaban J connectivity index is 1.65. The van der Waals surface area contributed by atoms with E-state index < -0.39 is 0 Å². The molecule has 0 saturated heterocycles. The van der Waals surface area contributed by atoms with Gasteiger partial charge in [0.2, 0.25) is 0 Å². The van der Waals surface area contributed by atoms with Crippen LogP contribution in [0.1, 0.15) is 25.3 Å². The average molecular weight is 500 g/mol. The fraction of sp³-hybridized carbons (Fsp3) is 0.160. The van der Waals surface area contributed by atoms with Gasteiger partial charge in [-0.1, -0.05) is 61.0 Å². The summed E-state index contributed by atoms with van der Waals surface area (Å²) in [4.78, 5) is 0. The molecule has 2 aromatic carbocycles. The van der Waals surface area contributed by atoms with Gasteiger partial charge in [-0.2, -0.15) is 5.10 Å². The molecule has 0 unspecified atom stereocenters. The summed E-state index contributed by atoms with van der Waals surface area (Å²) in [6.07, 6.45) is 9.55. The largest absolute Gasteiger partial charge is 0.506 e. The predicted octanol–water partition coefficient (Wildman–Crippen LogP) is 7.51. The van der Waals surface area contributed by atoms with Crippen molar-refractivity contribution in [1.29, 1.82) is 0 Å². The summed E-state index contributed by atoms with van der Waals surface area (Å²) in [7, 11) is 0. The van der Waals surface area contributed by atoms with E-state index in [1.165, 1.54) is 0 Å². The highest BCUT2D eigenvalue weighted by molar-refractivity contribution is 9.12. The molecule has 1 aliphatic rings. The first-order chi connectivity index (χ1) is 15.0. The molecule has 0 spiro atoms. The van der Waals surface area contributed by atoms with E-state index in [0.717, 1.165) is 34.8 Å². The Morgan fingerprint density at radius 1 is 1.19 bits per heavy atom. The van der Waals surface area contributed by atoms with Crippen LogP contribution in [0.4, 0.5) is 0 Å². The molecule has 4 nitrogen and oxygen atoms in total. The van der Waals surface area contributed by atoms with E-state index in [2.05, 4.69) is 45.5 Å². The normalized spacial score (nSPS) is 14.9. The summed E-state index contributed by atoms with van der Waals surface area (Å²) in [6.45, 7) is 2.09. The summed E-state index contributed by atoms with van der Waals surface area (Å²) < 4.78 is 6.47. The van der Waals surface area contributed by atoms with Gasteiger partial charge >= 0.3 is 0 Å². The first-order valence-corrected chi connectivity index (χ1v) is 11.2. The third-order valence-corrected chi connectivity index (χ3v) is 5.38. The zero-order valence-electron chi connectivity index (χ0n) is 17.2. The number of hydrazone groups is 1. The molecule has 6 heteroatoms. The van der Waals surface area contributed by atoms with Gasteiger partial charge in [-0.25, -0.2) is 0 Å². The Hall–Kier alpha value is -2.76. The first kappa shape index (κ1) is 22.9. The average Bonchev–Trinajstić information content (AvgIpc) is 2.88. The lowest BCUT2D eigenvalue weighted by Crippen LogP contribution is -2.09. The van der Waals surface area contributed by atoms with E-state index in [1.54, 1.807) is 12.3 Å². The molecule has 0 radical (unpaired) electrons. The van der Waals surface area contributed by atoms with Crippen LogP contribution >= 0.6 is 27.5 Å². The molecule has 0 saturated carbocycles. The van der Waals surface area contributed by atoms with Crippen molar-refractivity contribution in [2.24, 2.45) is 5.10 Å². The zero-order valence-corrected chi connectivity index (χ0v) is 19.5. The highest BCUT2D eigenvalue weighted by Crippen LogP contribution is 2.27. The number of aliphatic hydroxyl groups is 1. The topological polar surface area (TPSA) is 53.8 Å². The summed E-state index contributed by atoms with van der Waals surface area (Å²) >= 11 is 9.37. The van der Waals surface area contributed by atoms with Crippen LogP contribution in [0.25, 0.3) is 0 Å². The van der Waals surface area contributed by atoms with Gasteiger partial charge in [0.15, 0.2) is 0 Å². The van der Waals surface area contributed by atoms with Gasteiger partial charge < -0.3 is 9.84 Å². The molecule has 0 atom stereocenters. The van der Waals surface area contributed by atoms with Crippen LogP contribution in [0.2, 0.25) is 0 Å². The Labute approximate surface area is 196 Å². The summed E-state index contributed by atoms with van der Waals surface area (Å²) in [5.41, 5.74) is 6.09. The van der Waals surface area contributed by atoms with Crippen molar-refractivity contribution in [3.05, 3.63) is 105 Å². The van der Waals surface area contributed by atoms with Crippen molar-refractivity contribution in [3.63, 3.8) is 0 Å². The van der Waals surface area contributed by atoms with Crippen LogP contribution in [-0.4, -0.2) is 11.3 Å². The SMILES string of the molecule is CC/C=C(\Cc1cccc(Oc2ccccc2)c1)N/N=C/C1=CCC(Cl)=C(O)C(Br)=C1. The van der Waals surface area contributed by atoms with Crippen molar-refractivity contribution in [3.8, 4) is 11.5 Å². The first-order valence-electron chi connectivity index (χ1n) is 10.0. The molecule has 2 aromatic rings. The van der Waals surface area contributed by atoms with E-state index in [0.29, 0.717) is 22.4 Å². The van der Waals surface area contributed by atoms with Gasteiger partial charge in [-0.05, 0) is 63.8 Å². The molecule has 0 amide bonds. The number of aliphatic hydroxyl groups excluding tert-OH is 1. The number of ether oxygens (including phenoxy) is 1. The highest BCUT2D eigenvalue weighted by atomic mass is 79.9. The van der Waals surface area contributed by atoms with E-state index in [4.69, 9.17) is 16.3 Å². The number of nitrogens with one attached hydrogen (secondary N) is 1. The van der Waals surface area contributed by atoms with Crippen molar-refractivity contribution in [2.45, 2.75) is 26.2 Å². The summed E-state index contributed by atoms with van der Waals surface area (Å²) in [5, 5.41) is 14.7. The van der Waals surface area contributed by atoms with Crippen molar-refractivity contribution in [1.82, 2.24) is 5.43 Å². The lowest BCUT2D eigenvalue weighted by atomic mass is 10.1. The van der Waals surface area contributed by atoms with E-state index in [1.807, 2.05) is 54.6 Å². The summed E-state index contributed by atoms with van der Waals surface area (Å²) in [5.74, 6) is 1.66. The van der Waals surface area contributed by atoms with Gasteiger partial charge in [0.1, 0.15) is 17.3 Å². The lowest BCUT2D eigenvalue weighted by molar-refractivity contribution is 0.427. The van der Waals surface area contributed by atoms with Gasteiger partial charge in [-0.3, -0.25) is 5.43 Å². The van der Waals surface area contributed by atoms with Crippen molar-refractivity contribution in [2.75, 3.05) is 0 Å². The van der Waals surface area contributed by atoms with Crippen LogP contribution in [0.5, 0.6) is 11.5 Å². The van der Waals surface area contributed by atoms with Gasteiger partial charge in [-0.15, -0.1) is 0 Å². The molecule has 2 N–H and O–H groups in total. The number of nitrogens with zero attached hydrogens (tertiary/aromatic N) is 1. The Bertz CT molecular complexity index is 1060. The monoisotopic (exact) mass is 498 g/mol. The molecular weight excluding hydrogens is 476 g/mol. The Kier molecular flexibility index (Phi) is 8.56. The molecule has 0 heterocycles. The third kappa shape index (κ3) is 7.16. The molecule has 0 bridgehead atoms. The number of halogens is 2. The minimum Gasteiger partial charge on any atom is -0.506 e. The maximum atomic E-state index is 9.93. The highest BCUT2D eigenvalue weighted by Gasteiger charge is 2.10. The minimum atomic E-state index is 0.0541. The molecule has 0 aromatic heterocycles. The standard InChI is InChI=1S/C25H24BrClN2O2/c1-2-7-20(29-28-17-19-12-13-24(27)25(30)23(26)16-19)14-18-8-6-11-22(15-18)31-21-9-4-3-5-10-21/h3-12,15-17,29-30H,2,13-14H2,1H3/b20-7+,28-17+. The van der Waals surface area contributed by atoms with Crippen LogP contribution in [0.15, 0.2) is 104 Å².